The van der Waals surface area contributed by atoms with E-state index in [1.165, 1.54) is 0 Å². The van der Waals surface area contributed by atoms with Crippen LogP contribution in [0, 0.1) is 0 Å². The minimum atomic E-state index is 0.0160. The molecule has 0 spiro atoms. The van der Waals surface area contributed by atoms with Crippen molar-refractivity contribution >= 4 is 16.8 Å². The van der Waals surface area contributed by atoms with Gasteiger partial charge in [0, 0.05) is 19.5 Å². The Morgan fingerprint density at radius 2 is 1.78 bits per heavy atom. The van der Waals surface area contributed by atoms with Crippen LogP contribution >= 0.6 is 0 Å². The Hall–Kier alpha value is -1.84. The van der Waals surface area contributed by atoms with Gasteiger partial charge in [0.05, 0.1) is 11.0 Å². The Kier molecular flexibility index (Phi) is 3.65. The van der Waals surface area contributed by atoms with E-state index in [2.05, 4.69) is 0 Å². The predicted molar refractivity (Wildman–Crippen MR) is 71.8 cm³/mol. The number of hydrogen-bond donors (Lipinski definition) is 0. The highest BCUT2D eigenvalue weighted by Crippen LogP contribution is 2.13. The van der Waals surface area contributed by atoms with Crippen LogP contribution in [0.3, 0.4) is 0 Å². The number of fused-ring (bicyclic) bond motifs is 1. The van der Waals surface area contributed by atoms with Crippen molar-refractivity contribution in [2.45, 2.75) is 39.8 Å². The Labute approximate surface area is 106 Å². The van der Waals surface area contributed by atoms with Gasteiger partial charge in [-0.2, -0.15) is 0 Å². The summed E-state index contributed by atoms with van der Waals surface area (Å²) in [7, 11) is 0. The van der Waals surface area contributed by atoms with Crippen LogP contribution in [0.25, 0.3) is 11.0 Å². The molecule has 1 heterocycles. The molecule has 0 aliphatic carbocycles. The lowest BCUT2D eigenvalue weighted by Crippen LogP contribution is -2.24. The first-order chi connectivity index (χ1) is 8.65. The summed E-state index contributed by atoms with van der Waals surface area (Å²) in [6.45, 7) is 4.82. The molecule has 1 aromatic heterocycles. The predicted octanol–water partition coefficient (Wildman–Crippen LogP) is 2.19. The van der Waals surface area contributed by atoms with Crippen molar-refractivity contribution in [3.63, 3.8) is 0 Å². The molecule has 0 bridgehead atoms. The third-order valence-corrected chi connectivity index (χ3v) is 3.15. The molecule has 0 N–H and O–H groups in total. The fraction of sp³-hybridized carbons (Fsp3) is 0.429. The van der Waals surface area contributed by atoms with Gasteiger partial charge in [-0.05, 0) is 32.4 Å². The van der Waals surface area contributed by atoms with Crippen molar-refractivity contribution in [2.24, 2.45) is 0 Å². The lowest BCUT2D eigenvalue weighted by atomic mass is 10.2. The second-order valence-electron chi connectivity index (χ2n) is 4.47. The van der Waals surface area contributed by atoms with Crippen molar-refractivity contribution in [1.82, 2.24) is 9.13 Å². The number of carbonyl (C=O) groups excluding carboxylic acids is 1. The van der Waals surface area contributed by atoms with E-state index in [1.54, 1.807) is 16.1 Å². The van der Waals surface area contributed by atoms with E-state index in [4.69, 9.17) is 0 Å². The number of Topliss-reactive ketones (excluding diaryl/α,β-unsaturated/α-hetero) is 1. The molecular weight excluding hydrogens is 228 g/mol. The Morgan fingerprint density at radius 1 is 1.17 bits per heavy atom. The van der Waals surface area contributed by atoms with Gasteiger partial charge in [0.25, 0.3) is 0 Å². The molecule has 0 atom stereocenters. The number of carbonyl (C=O) groups is 1. The molecule has 0 amide bonds. The van der Waals surface area contributed by atoms with Gasteiger partial charge >= 0.3 is 5.69 Å². The van der Waals surface area contributed by atoms with Crippen LogP contribution in [0.2, 0.25) is 0 Å². The number of aromatic nitrogens is 2. The number of para-hydroxylation sites is 2. The van der Waals surface area contributed by atoms with Crippen LogP contribution in [0.1, 0.15) is 26.7 Å². The van der Waals surface area contributed by atoms with E-state index in [1.807, 2.05) is 31.2 Å². The van der Waals surface area contributed by atoms with Gasteiger partial charge in [-0.15, -0.1) is 0 Å². The fourth-order valence-electron chi connectivity index (χ4n) is 2.28. The molecule has 0 saturated heterocycles. The normalized spacial score (nSPS) is 11.0. The lowest BCUT2D eigenvalue weighted by molar-refractivity contribution is -0.117. The van der Waals surface area contributed by atoms with Crippen LogP contribution in [-0.2, 0) is 17.9 Å². The highest BCUT2D eigenvalue weighted by Gasteiger charge is 2.10. The zero-order valence-electron chi connectivity index (χ0n) is 10.8. The lowest BCUT2D eigenvalue weighted by Gasteiger charge is -2.01. The van der Waals surface area contributed by atoms with Crippen molar-refractivity contribution in [2.75, 3.05) is 0 Å². The monoisotopic (exact) mass is 246 g/mol. The molecule has 0 fully saturated rings. The summed E-state index contributed by atoms with van der Waals surface area (Å²) in [5, 5.41) is 0. The molecule has 18 heavy (non-hydrogen) atoms. The molecule has 96 valence electrons. The van der Waals surface area contributed by atoms with E-state index in [9.17, 15) is 9.59 Å². The number of aryl methyl sites for hydroxylation is 2. The summed E-state index contributed by atoms with van der Waals surface area (Å²) >= 11 is 0. The topological polar surface area (TPSA) is 44.0 Å². The molecule has 0 unspecified atom stereocenters. The van der Waals surface area contributed by atoms with Crippen molar-refractivity contribution in [3.8, 4) is 0 Å². The maximum atomic E-state index is 12.2. The summed E-state index contributed by atoms with van der Waals surface area (Å²) in [5.41, 5.74) is 1.93. The Morgan fingerprint density at radius 3 is 2.33 bits per heavy atom. The van der Waals surface area contributed by atoms with E-state index in [-0.39, 0.29) is 11.5 Å². The molecule has 0 aliphatic rings. The third-order valence-electron chi connectivity index (χ3n) is 3.15. The maximum absolute atomic E-state index is 12.2. The van der Waals surface area contributed by atoms with Crippen LogP contribution in [0.5, 0.6) is 0 Å². The van der Waals surface area contributed by atoms with E-state index in [0.717, 1.165) is 11.0 Å². The smallest absolute Gasteiger partial charge is 0.300 e. The summed E-state index contributed by atoms with van der Waals surface area (Å²) in [6.07, 6.45) is 1.24. The third kappa shape index (κ3) is 2.23. The molecule has 4 nitrogen and oxygen atoms in total. The first-order valence-electron chi connectivity index (χ1n) is 6.32. The quantitative estimate of drug-likeness (QED) is 0.811. The van der Waals surface area contributed by atoms with Crippen molar-refractivity contribution < 1.29 is 4.79 Å². The van der Waals surface area contributed by atoms with Crippen LogP contribution in [-0.4, -0.2) is 14.9 Å². The molecule has 0 aliphatic heterocycles. The number of hydrogen-bond acceptors (Lipinski definition) is 2. The first-order valence-corrected chi connectivity index (χ1v) is 6.32. The average Bonchev–Trinajstić information content (AvgIpc) is 2.62. The number of nitrogens with zero attached hydrogens (tertiary/aromatic N) is 2. The Balaban J connectivity index is 2.40. The molecule has 0 radical (unpaired) electrons. The van der Waals surface area contributed by atoms with Gasteiger partial charge in [0.15, 0.2) is 0 Å². The van der Waals surface area contributed by atoms with Crippen LogP contribution in [0.4, 0.5) is 0 Å². The van der Waals surface area contributed by atoms with Gasteiger partial charge in [0.1, 0.15) is 5.78 Å². The van der Waals surface area contributed by atoms with Gasteiger partial charge in [-0.3, -0.25) is 9.13 Å². The highest BCUT2D eigenvalue weighted by molar-refractivity contribution is 5.76. The van der Waals surface area contributed by atoms with Crippen LogP contribution < -0.4 is 5.69 Å². The fourth-order valence-corrected chi connectivity index (χ4v) is 2.28. The minimum absolute atomic E-state index is 0.0160. The molecule has 2 rings (SSSR count). The van der Waals surface area contributed by atoms with E-state index >= 15 is 0 Å². The zero-order valence-corrected chi connectivity index (χ0v) is 10.8. The minimum Gasteiger partial charge on any atom is -0.300 e. The van der Waals surface area contributed by atoms with E-state index in [0.29, 0.717) is 25.9 Å². The Bertz CT molecular complexity index is 622. The highest BCUT2D eigenvalue weighted by atomic mass is 16.1. The maximum Gasteiger partial charge on any atom is 0.329 e. The molecular formula is C14H18N2O2. The number of benzene rings is 1. The number of rotatable bonds is 5. The standard InChI is InChI=1S/C14H18N2O2/c1-3-15-12-8-4-5-9-13(12)16(14(15)18)10-6-7-11(2)17/h4-5,8-9H,3,6-7,10H2,1-2H3. The van der Waals surface area contributed by atoms with Crippen LogP contribution in [0.15, 0.2) is 29.1 Å². The summed E-state index contributed by atoms with van der Waals surface area (Å²) in [5.74, 6) is 0.169. The SMILES string of the molecule is CCn1c(=O)n(CCCC(C)=O)c2ccccc21. The summed E-state index contributed by atoms with van der Waals surface area (Å²) < 4.78 is 3.53. The summed E-state index contributed by atoms with van der Waals surface area (Å²) in [4.78, 5) is 23.2. The molecule has 0 saturated carbocycles. The second kappa shape index (κ2) is 5.21. The van der Waals surface area contributed by atoms with Gasteiger partial charge in [-0.25, -0.2) is 4.79 Å². The van der Waals surface area contributed by atoms with Gasteiger partial charge < -0.3 is 4.79 Å². The van der Waals surface area contributed by atoms with Gasteiger partial charge in [-0.1, -0.05) is 12.1 Å². The number of imidazole rings is 1. The number of ketones is 1. The molecule has 1 aromatic carbocycles. The van der Waals surface area contributed by atoms with Crippen molar-refractivity contribution in [1.29, 1.82) is 0 Å². The molecule has 4 heteroatoms. The summed E-state index contributed by atoms with van der Waals surface area (Å²) in [6, 6.07) is 7.79. The van der Waals surface area contributed by atoms with Gasteiger partial charge in [0.2, 0.25) is 0 Å². The zero-order chi connectivity index (χ0) is 13.1. The second-order valence-corrected chi connectivity index (χ2v) is 4.47. The largest absolute Gasteiger partial charge is 0.329 e. The average molecular weight is 246 g/mol. The first kappa shape index (κ1) is 12.6. The van der Waals surface area contributed by atoms with E-state index < -0.39 is 0 Å². The van der Waals surface area contributed by atoms with Crippen molar-refractivity contribution in [3.05, 3.63) is 34.7 Å². The molecule has 2 aromatic rings.